The zero-order valence-corrected chi connectivity index (χ0v) is 13.8. The van der Waals surface area contributed by atoms with Crippen LogP contribution >= 0.6 is 0 Å². The number of benzene rings is 2. The van der Waals surface area contributed by atoms with Gasteiger partial charge in [0.1, 0.15) is 11.5 Å². The van der Waals surface area contributed by atoms with Crippen LogP contribution < -0.4 is 15.2 Å². The predicted octanol–water partition coefficient (Wildman–Crippen LogP) is 2.97. The minimum atomic E-state index is -1.13. The second kappa shape index (κ2) is 7.83. The average Bonchev–Trinajstić information content (AvgIpc) is 2.64. The topological polar surface area (TPSA) is 78.5 Å². The first-order valence-electron chi connectivity index (χ1n) is 8.48. The molecule has 1 amide bonds. The number of hydrogen-bond acceptors (Lipinski definition) is 4. The summed E-state index contributed by atoms with van der Waals surface area (Å²) in [6, 6.07) is 16.4. The summed E-state index contributed by atoms with van der Waals surface area (Å²) in [6.45, 7) is 0. The second-order valence-electron chi connectivity index (χ2n) is 6.25. The molecule has 25 heavy (non-hydrogen) atoms. The molecule has 130 valence electrons. The van der Waals surface area contributed by atoms with Gasteiger partial charge in [0.15, 0.2) is 0 Å². The number of nitrogens with one attached hydrogen (secondary N) is 1. The maximum Gasteiger partial charge on any atom is 0.228 e. The van der Waals surface area contributed by atoms with Crippen LogP contribution in [0.25, 0.3) is 0 Å². The molecular formula is C20H20NO4-. The molecular weight excluding hydrogens is 318 g/mol. The van der Waals surface area contributed by atoms with E-state index in [1.54, 1.807) is 24.3 Å². The molecule has 0 unspecified atom stereocenters. The molecule has 0 saturated heterocycles. The third-order valence-electron chi connectivity index (χ3n) is 4.51. The van der Waals surface area contributed by atoms with Crippen molar-refractivity contribution in [1.82, 2.24) is 0 Å². The molecule has 0 aromatic heterocycles. The molecule has 0 bridgehead atoms. The number of anilines is 1. The summed E-state index contributed by atoms with van der Waals surface area (Å²) in [7, 11) is 0. The number of carboxylic acids is 1. The molecule has 0 radical (unpaired) electrons. The molecule has 2 atom stereocenters. The Labute approximate surface area is 146 Å². The van der Waals surface area contributed by atoms with Crippen LogP contribution in [0.2, 0.25) is 0 Å². The van der Waals surface area contributed by atoms with E-state index in [2.05, 4.69) is 5.32 Å². The molecule has 0 heterocycles. The number of amides is 1. The van der Waals surface area contributed by atoms with Gasteiger partial charge in [-0.2, -0.15) is 0 Å². The van der Waals surface area contributed by atoms with E-state index >= 15 is 0 Å². The van der Waals surface area contributed by atoms with Gasteiger partial charge in [-0.1, -0.05) is 31.0 Å². The normalized spacial score (nSPS) is 19.8. The molecule has 1 N–H and O–H groups in total. The van der Waals surface area contributed by atoms with Crippen LogP contribution in [0.3, 0.4) is 0 Å². The van der Waals surface area contributed by atoms with Crippen molar-refractivity contribution >= 4 is 17.6 Å². The summed E-state index contributed by atoms with van der Waals surface area (Å²) in [5.41, 5.74) is 0.619. The van der Waals surface area contributed by atoms with Crippen LogP contribution in [0.1, 0.15) is 25.7 Å². The van der Waals surface area contributed by atoms with Crippen molar-refractivity contribution in [1.29, 1.82) is 0 Å². The number of ether oxygens (including phenoxy) is 1. The number of para-hydroxylation sites is 1. The molecule has 3 rings (SSSR count). The van der Waals surface area contributed by atoms with E-state index in [0.29, 0.717) is 24.3 Å². The van der Waals surface area contributed by atoms with Crippen molar-refractivity contribution in [3.63, 3.8) is 0 Å². The van der Waals surface area contributed by atoms with Crippen molar-refractivity contribution in [2.45, 2.75) is 25.7 Å². The van der Waals surface area contributed by atoms with Gasteiger partial charge in [-0.3, -0.25) is 4.79 Å². The van der Waals surface area contributed by atoms with Crippen LogP contribution in [0.15, 0.2) is 54.6 Å². The fraction of sp³-hybridized carbons (Fsp3) is 0.300. The molecule has 2 aromatic rings. The third kappa shape index (κ3) is 4.38. The number of rotatable bonds is 5. The van der Waals surface area contributed by atoms with Crippen molar-refractivity contribution in [2.24, 2.45) is 11.8 Å². The largest absolute Gasteiger partial charge is 0.550 e. The average molecular weight is 338 g/mol. The lowest BCUT2D eigenvalue weighted by Gasteiger charge is -2.31. The van der Waals surface area contributed by atoms with Gasteiger partial charge in [-0.25, -0.2) is 0 Å². The maximum atomic E-state index is 12.4. The summed E-state index contributed by atoms with van der Waals surface area (Å²) in [5.74, 6) is -1.22. The highest BCUT2D eigenvalue weighted by atomic mass is 16.5. The van der Waals surface area contributed by atoms with Gasteiger partial charge in [0.25, 0.3) is 0 Å². The molecule has 0 aliphatic heterocycles. The molecule has 5 heteroatoms. The van der Waals surface area contributed by atoms with Gasteiger partial charge >= 0.3 is 0 Å². The standard InChI is InChI=1S/C20H21NO4/c22-19(17-8-4-5-9-18(17)20(23)24)21-14-10-12-16(13-11-14)25-15-6-2-1-3-7-15/h1-3,6-7,10-13,17-18H,4-5,8-9H2,(H,21,22)(H,23,24)/p-1/t17-,18+/m1/s1. The van der Waals surface area contributed by atoms with Gasteiger partial charge in [0.05, 0.1) is 0 Å². The zero-order chi connectivity index (χ0) is 17.6. The first-order chi connectivity index (χ1) is 12.1. The predicted molar refractivity (Wildman–Crippen MR) is 92.0 cm³/mol. The van der Waals surface area contributed by atoms with E-state index in [0.717, 1.165) is 18.6 Å². The SMILES string of the molecule is O=C([O-])[C@H]1CCCC[C@H]1C(=O)Nc1ccc(Oc2ccccc2)cc1. The summed E-state index contributed by atoms with van der Waals surface area (Å²) in [5, 5.41) is 14.0. The molecule has 1 fully saturated rings. The number of carbonyl (C=O) groups is 2. The number of hydrogen-bond donors (Lipinski definition) is 1. The smallest absolute Gasteiger partial charge is 0.228 e. The summed E-state index contributed by atoms with van der Waals surface area (Å²) >= 11 is 0. The van der Waals surface area contributed by atoms with Gasteiger partial charge in [-0.05, 0) is 49.2 Å². The fourth-order valence-corrected chi connectivity index (χ4v) is 3.19. The van der Waals surface area contributed by atoms with E-state index in [1.807, 2.05) is 30.3 Å². The lowest BCUT2D eigenvalue weighted by atomic mass is 9.78. The van der Waals surface area contributed by atoms with Crippen molar-refractivity contribution in [2.75, 3.05) is 5.32 Å². The van der Waals surface area contributed by atoms with Crippen LogP contribution in [-0.4, -0.2) is 11.9 Å². The van der Waals surface area contributed by atoms with Crippen LogP contribution in [0.4, 0.5) is 5.69 Å². The fourth-order valence-electron chi connectivity index (χ4n) is 3.19. The van der Waals surface area contributed by atoms with E-state index in [1.165, 1.54) is 0 Å². The van der Waals surface area contributed by atoms with E-state index in [9.17, 15) is 14.7 Å². The van der Waals surface area contributed by atoms with Gasteiger partial charge in [-0.15, -0.1) is 0 Å². The lowest BCUT2D eigenvalue weighted by Crippen LogP contribution is -2.42. The first kappa shape index (κ1) is 17.0. The molecule has 1 aliphatic carbocycles. The van der Waals surface area contributed by atoms with Crippen molar-refractivity contribution in [3.05, 3.63) is 54.6 Å². The second-order valence-corrected chi connectivity index (χ2v) is 6.25. The summed E-state index contributed by atoms with van der Waals surface area (Å²) in [6.07, 6.45) is 2.78. The van der Waals surface area contributed by atoms with Crippen LogP contribution in [0, 0.1) is 11.8 Å². The summed E-state index contributed by atoms with van der Waals surface area (Å²) < 4.78 is 5.70. The molecule has 5 nitrogen and oxygen atoms in total. The molecule has 1 saturated carbocycles. The number of carboxylic acid groups (broad SMARTS) is 1. The van der Waals surface area contributed by atoms with Crippen LogP contribution in [-0.2, 0) is 9.59 Å². The Bertz CT molecular complexity index is 727. The van der Waals surface area contributed by atoms with E-state index < -0.39 is 17.8 Å². The molecule has 0 spiro atoms. The zero-order valence-electron chi connectivity index (χ0n) is 13.8. The minimum absolute atomic E-state index is 0.259. The molecule has 2 aromatic carbocycles. The van der Waals surface area contributed by atoms with Crippen LogP contribution in [0.5, 0.6) is 11.5 Å². The van der Waals surface area contributed by atoms with Crippen molar-refractivity contribution < 1.29 is 19.4 Å². The Morgan fingerprint density at radius 2 is 1.48 bits per heavy atom. The highest BCUT2D eigenvalue weighted by Crippen LogP contribution is 2.31. The number of aliphatic carboxylic acids is 1. The Morgan fingerprint density at radius 1 is 0.880 bits per heavy atom. The van der Waals surface area contributed by atoms with E-state index in [-0.39, 0.29) is 5.91 Å². The van der Waals surface area contributed by atoms with Gasteiger partial charge < -0.3 is 20.0 Å². The third-order valence-corrected chi connectivity index (χ3v) is 4.51. The maximum absolute atomic E-state index is 12.4. The quantitative estimate of drug-likeness (QED) is 0.909. The monoisotopic (exact) mass is 338 g/mol. The minimum Gasteiger partial charge on any atom is -0.550 e. The molecule has 1 aliphatic rings. The Morgan fingerprint density at radius 3 is 2.12 bits per heavy atom. The highest BCUT2D eigenvalue weighted by Gasteiger charge is 2.31. The van der Waals surface area contributed by atoms with Gasteiger partial charge in [0, 0.05) is 23.5 Å². The van der Waals surface area contributed by atoms with E-state index in [4.69, 9.17) is 4.74 Å². The Kier molecular flexibility index (Phi) is 5.33. The highest BCUT2D eigenvalue weighted by molar-refractivity contribution is 5.95. The first-order valence-corrected chi connectivity index (χ1v) is 8.48. The Hall–Kier alpha value is -2.82. The number of carbonyl (C=O) groups excluding carboxylic acids is 2. The lowest BCUT2D eigenvalue weighted by molar-refractivity contribution is -0.313. The van der Waals surface area contributed by atoms with Crippen molar-refractivity contribution in [3.8, 4) is 11.5 Å². The Balaban J connectivity index is 1.62. The summed E-state index contributed by atoms with van der Waals surface area (Å²) in [4.78, 5) is 23.7. The van der Waals surface area contributed by atoms with Gasteiger partial charge in [0.2, 0.25) is 5.91 Å².